The van der Waals surface area contributed by atoms with Gasteiger partial charge in [0.15, 0.2) is 0 Å². The summed E-state index contributed by atoms with van der Waals surface area (Å²) >= 11 is 3.25. The summed E-state index contributed by atoms with van der Waals surface area (Å²) < 4.78 is 43.8. The molecule has 118 valence electrons. The minimum absolute atomic E-state index is 0.384. The lowest BCUT2D eigenvalue weighted by Gasteiger charge is -2.21. The second kappa shape index (κ2) is 7.63. The van der Waals surface area contributed by atoms with E-state index in [2.05, 4.69) is 15.9 Å². The number of rotatable bonds is 5. The van der Waals surface area contributed by atoms with Crippen molar-refractivity contribution in [3.8, 4) is 0 Å². The monoisotopic (exact) mass is 364 g/mol. The summed E-state index contributed by atoms with van der Waals surface area (Å²) in [4.78, 5) is 0. The Morgan fingerprint density at radius 1 is 1.10 bits per heavy atom. The van der Waals surface area contributed by atoms with Crippen LogP contribution in [0, 0.1) is 5.92 Å². The summed E-state index contributed by atoms with van der Waals surface area (Å²) in [5, 5.41) is 0.402. The van der Waals surface area contributed by atoms with Crippen LogP contribution in [0.15, 0.2) is 18.2 Å². The molecule has 1 fully saturated rings. The summed E-state index contributed by atoms with van der Waals surface area (Å²) in [6.45, 7) is 1.10. The molecule has 0 spiro atoms. The molecule has 1 aromatic rings. The Labute approximate surface area is 132 Å². The van der Waals surface area contributed by atoms with Crippen LogP contribution in [0.25, 0.3) is 0 Å². The lowest BCUT2D eigenvalue weighted by Crippen LogP contribution is -2.13. The van der Waals surface area contributed by atoms with Crippen molar-refractivity contribution in [1.29, 1.82) is 0 Å². The van der Waals surface area contributed by atoms with Gasteiger partial charge in [-0.1, -0.05) is 41.3 Å². The van der Waals surface area contributed by atoms with E-state index in [0.29, 0.717) is 30.0 Å². The molecule has 0 amide bonds. The number of benzene rings is 1. The SMILES string of the molecule is FC(F)(F)c1ccc(COCC2CCCCC2)c(CBr)c1. The quantitative estimate of drug-likeness (QED) is 0.609. The number of hydrogen-bond acceptors (Lipinski definition) is 1. The third-order valence-corrected chi connectivity index (χ3v) is 4.62. The van der Waals surface area contributed by atoms with Crippen molar-refractivity contribution < 1.29 is 17.9 Å². The number of alkyl halides is 4. The average Bonchev–Trinajstić information content (AvgIpc) is 2.47. The molecule has 1 nitrogen and oxygen atoms in total. The first-order chi connectivity index (χ1) is 10.0. The highest BCUT2D eigenvalue weighted by Gasteiger charge is 2.30. The molecule has 0 heterocycles. The van der Waals surface area contributed by atoms with Crippen molar-refractivity contribution in [3.63, 3.8) is 0 Å². The normalized spacial score (nSPS) is 17.1. The number of hydrogen-bond donors (Lipinski definition) is 0. The molecule has 1 aromatic carbocycles. The standard InChI is InChI=1S/C16H20BrF3O/c17-9-14-8-15(16(18,19)20)7-6-13(14)11-21-10-12-4-2-1-3-5-12/h6-8,12H,1-5,9-11H2. The molecule has 0 aliphatic heterocycles. The lowest BCUT2D eigenvalue weighted by atomic mass is 9.90. The Hall–Kier alpha value is -0.550. The second-order valence-corrected chi connectivity index (χ2v) is 6.19. The predicted octanol–water partition coefficient (Wildman–Crippen LogP) is 5.70. The van der Waals surface area contributed by atoms with E-state index in [1.807, 2.05) is 0 Å². The molecule has 1 aliphatic carbocycles. The van der Waals surface area contributed by atoms with Crippen molar-refractivity contribution in [2.24, 2.45) is 5.92 Å². The van der Waals surface area contributed by atoms with Gasteiger partial charge in [-0.05, 0) is 42.0 Å². The fourth-order valence-corrected chi connectivity index (χ4v) is 3.28. The van der Waals surface area contributed by atoms with Crippen molar-refractivity contribution in [3.05, 3.63) is 34.9 Å². The highest BCUT2D eigenvalue weighted by Crippen LogP contribution is 2.31. The van der Waals surface area contributed by atoms with Gasteiger partial charge in [0, 0.05) is 11.9 Å². The molecule has 0 bridgehead atoms. The minimum Gasteiger partial charge on any atom is -0.376 e. The van der Waals surface area contributed by atoms with Gasteiger partial charge in [-0.2, -0.15) is 13.2 Å². The van der Waals surface area contributed by atoms with E-state index < -0.39 is 11.7 Å². The van der Waals surface area contributed by atoms with Gasteiger partial charge in [0.1, 0.15) is 0 Å². The van der Waals surface area contributed by atoms with E-state index in [9.17, 15) is 13.2 Å². The summed E-state index contributed by atoms with van der Waals surface area (Å²) in [5.41, 5.74) is 0.872. The molecule has 2 rings (SSSR count). The van der Waals surface area contributed by atoms with E-state index in [0.717, 1.165) is 11.6 Å². The molecule has 0 aromatic heterocycles. The Morgan fingerprint density at radius 3 is 2.43 bits per heavy atom. The zero-order valence-electron chi connectivity index (χ0n) is 11.9. The van der Waals surface area contributed by atoms with Crippen LogP contribution in [0.3, 0.4) is 0 Å². The zero-order valence-corrected chi connectivity index (χ0v) is 13.5. The van der Waals surface area contributed by atoms with Crippen LogP contribution in [0.1, 0.15) is 48.8 Å². The molecule has 0 N–H and O–H groups in total. The maximum atomic E-state index is 12.7. The second-order valence-electron chi connectivity index (χ2n) is 5.63. The van der Waals surface area contributed by atoms with Gasteiger partial charge in [-0.15, -0.1) is 0 Å². The predicted molar refractivity (Wildman–Crippen MR) is 80.3 cm³/mol. The first-order valence-electron chi connectivity index (χ1n) is 7.33. The summed E-state index contributed by atoms with van der Waals surface area (Å²) in [6, 6.07) is 3.86. The molecular weight excluding hydrogens is 345 g/mol. The Balaban J connectivity index is 1.93. The molecule has 0 radical (unpaired) electrons. The van der Waals surface area contributed by atoms with Gasteiger partial charge in [0.2, 0.25) is 0 Å². The van der Waals surface area contributed by atoms with Crippen molar-refractivity contribution in [1.82, 2.24) is 0 Å². The lowest BCUT2D eigenvalue weighted by molar-refractivity contribution is -0.137. The zero-order chi connectivity index (χ0) is 15.3. The Kier molecular flexibility index (Phi) is 6.11. The van der Waals surface area contributed by atoms with Crippen LogP contribution in [0.2, 0.25) is 0 Å². The van der Waals surface area contributed by atoms with E-state index >= 15 is 0 Å². The largest absolute Gasteiger partial charge is 0.416 e. The van der Waals surface area contributed by atoms with E-state index in [-0.39, 0.29) is 0 Å². The van der Waals surface area contributed by atoms with Gasteiger partial charge in [0.05, 0.1) is 12.2 Å². The maximum absolute atomic E-state index is 12.7. The van der Waals surface area contributed by atoms with Gasteiger partial charge >= 0.3 is 6.18 Å². The number of ether oxygens (including phenoxy) is 1. The van der Waals surface area contributed by atoms with Crippen LogP contribution >= 0.6 is 15.9 Å². The Bertz CT molecular complexity index is 453. The van der Waals surface area contributed by atoms with Gasteiger partial charge in [-0.3, -0.25) is 0 Å². The third kappa shape index (κ3) is 4.99. The van der Waals surface area contributed by atoms with Crippen LogP contribution in [-0.4, -0.2) is 6.61 Å². The van der Waals surface area contributed by atoms with Crippen LogP contribution in [0.5, 0.6) is 0 Å². The van der Waals surface area contributed by atoms with E-state index in [1.54, 1.807) is 0 Å². The van der Waals surface area contributed by atoms with E-state index in [1.165, 1.54) is 44.2 Å². The van der Waals surface area contributed by atoms with Crippen molar-refractivity contribution in [2.75, 3.05) is 6.61 Å². The molecule has 5 heteroatoms. The van der Waals surface area contributed by atoms with Gasteiger partial charge < -0.3 is 4.74 Å². The van der Waals surface area contributed by atoms with E-state index in [4.69, 9.17) is 4.74 Å². The summed E-state index contributed by atoms with van der Waals surface area (Å²) in [7, 11) is 0. The van der Waals surface area contributed by atoms with Gasteiger partial charge in [0.25, 0.3) is 0 Å². The van der Waals surface area contributed by atoms with Crippen molar-refractivity contribution in [2.45, 2.75) is 50.2 Å². The third-order valence-electron chi connectivity index (χ3n) is 4.01. The number of halogens is 4. The minimum atomic E-state index is -4.29. The Morgan fingerprint density at radius 2 is 1.81 bits per heavy atom. The maximum Gasteiger partial charge on any atom is 0.416 e. The average molecular weight is 365 g/mol. The fraction of sp³-hybridized carbons (Fsp3) is 0.625. The smallest absolute Gasteiger partial charge is 0.376 e. The summed E-state index contributed by atoms with van der Waals surface area (Å²) in [6.07, 6.45) is 1.96. The highest BCUT2D eigenvalue weighted by molar-refractivity contribution is 9.08. The molecule has 1 aliphatic rings. The molecule has 1 saturated carbocycles. The van der Waals surface area contributed by atoms with Crippen LogP contribution in [0.4, 0.5) is 13.2 Å². The molecule has 0 saturated heterocycles. The first-order valence-corrected chi connectivity index (χ1v) is 8.45. The molecular formula is C16H20BrF3O. The topological polar surface area (TPSA) is 9.23 Å². The highest BCUT2D eigenvalue weighted by atomic mass is 79.9. The van der Waals surface area contributed by atoms with Crippen molar-refractivity contribution >= 4 is 15.9 Å². The van der Waals surface area contributed by atoms with Crippen LogP contribution < -0.4 is 0 Å². The molecule has 21 heavy (non-hydrogen) atoms. The first kappa shape index (κ1) is 16.8. The fourth-order valence-electron chi connectivity index (χ4n) is 2.76. The molecule has 0 atom stereocenters. The van der Waals surface area contributed by atoms with Gasteiger partial charge in [-0.25, -0.2) is 0 Å². The summed E-state index contributed by atoms with van der Waals surface area (Å²) in [5.74, 6) is 0.612. The molecule has 0 unspecified atom stereocenters. The van der Waals surface area contributed by atoms with Crippen LogP contribution in [-0.2, 0) is 22.9 Å².